The predicted molar refractivity (Wildman–Crippen MR) is 142 cm³/mol. The lowest BCUT2D eigenvalue weighted by molar-refractivity contribution is -0.124. The summed E-state index contributed by atoms with van der Waals surface area (Å²) in [4.78, 5) is 33.9. The topological polar surface area (TPSA) is 62.3 Å². The number of likely N-dealkylation sites (tertiary alicyclic amines) is 1. The summed E-state index contributed by atoms with van der Waals surface area (Å²) in [5, 5.41) is 3.58. The summed E-state index contributed by atoms with van der Waals surface area (Å²) in [5.41, 5.74) is 4.66. The minimum Gasteiger partial charge on any atom is -0.302 e. The van der Waals surface area contributed by atoms with Gasteiger partial charge in [-0.05, 0) is 55.3 Å². The number of Topliss-reactive ketones (excluding diaryl/α,β-unsaturated/α-hetero) is 1. The van der Waals surface area contributed by atoms with Gasteiger partial charge in [-0.3, -0.25) is 14.5 Å². The standard InChI is InChI=1S/C29H33N3O2S/c1-2-7-26(33)30-29-31-27-24(10-6-11-25(27)35-29)28(34)23-16-17-32(19-23)18-20-12-14-22(15-13-20)21-8-4-3-5-9-21/h3-5,8-9,12-15,23-24H,2,6-7,10-11,16-19H2,1H3,(H,30,31,33). The van der Waals surface area contributed by atoms with E-state index in [-0.39, 0.29) is 17.7 Å². The van der Waals surface area contributed by atoms with E-state index in [1.54, 1.807) is 11.3 Å². The van der Waals surface area contributed by atoms with Crippen LogP contribution in [0, 0.1) is 5.92 Å². The zero-order valence-electron chi connectivity index (χ0n) is 20.3. The molecule has 6 heteroatoms. The van der Waals surface area contributed by atoms with Crippen LogP contribution < -0.4 is 5.32 Å². The van der Waals surface area contributed by atoms with Crippen molar-refractivity contribution < 1.29 is 9.59 Å². The van der Waals surface area contributed by atoms with E-state index in [4.69, 9.17) is 4.98 Å². The van der Waals surface area contributed by atoms with Gasteiger partial charge in [0.05, 0.1) is 11.6 Å². The van der Waals surface area contributed by atoms with Crippen molar-refractivity contribution in [2.75, 3.05) is 18.4 Å². The molecule has 1 N–H and O–H groups in total. The van der Waals surface area contributed by atoms with Crippen molar-refractivity contribution in [1.29, 1.82) is 0 Å². The highest BCUT2D eigenvalue weighted by atomic mass is 32.1. The van der Waals surface area contributed by atoms with Crippen molar-refractivity contribution in [2.24, 2.45) is 5.92 Å². The molecule has 5 rings (SSSR count). The van der Waals surface area contributed by atoms with Crippen LogP contribution in [-0.4, -0.2) is 34.7 Å². The Morgan fingerprint density at radius 3 is 2.60 bits per heavy atom. The third-order valence-corrected chi connectivity index (χ3v) is 8.21. The molecule has 0 radical (unpaired) electrons. The summed E-state index contributed by atoms with van der Waals surface area (Å²) in [6.45, 7) is 4.63. The van der Waals surface area contributed by atoms with Crippen LogP contribution in [0.25, 0.3) is 11.1 Å². The van der Waals surface area contributed by atoms with Gasteiger partial charge in [-0.1, -0.05) is 61.5 Å². The van der Waals surface area contributed by atoms with Gasteiger partial charge in [-0.2, -0.15) is 0 Å². The third-order valence-electron chi connectivity index (χ3n) is 7.16. The molecule has 2 aromatic carbocycles. The lowest BCUT2D eigenvalue weighted by Crippen LogP contribution is -2.28. The quantitative estimate of drug-likeness (QED) is 0.420. The van der Waals surface area contributed by atoms with Gasteiger partial charge < -0.3 is 5.32 Å². The molecule has 1 aliphatic heterocycles. The van der Waals surface area contributed by atoms with Gasteiger partial charge in [0.1, 0.15) is 5.78 Å². The zero-order chi connectivity index (χ0) is 24.2. The number of rotatable bonds is 8. The van der Waals surface area contributed by atoms with E-state index < -0.39 is 0 Å². The molecule has 1 aliphatic carbocycles. The van der Waals surface area contributed by atoms with Gasteiger partial charge in [0, 0.05) is 30.3 Å². The molecule has 1 saturated heterocycles. The lowest BCUT2D eigenvalue weighted by atomic mass is 9.82. The summed E-state index contributed by atoms with van der Waals surface area (Å²) < 4.78 is 0. The SMILES string of the molecule is CCCC(=O)Nc1nc2c(s1)CCCC2C(=O)C1CCN(Cc2ccc(-c3ccccc3)cc2)C1. The van der Waals surface area contributed by atoms with Gasteiger partial charge in [0.2, 0.25) is 5.91 Å². The highest BCUT2D eigenvalue weighted by molar-refractivity contribution is 7.15. The van der Waals surface area contributed by atoms with Crippen molar-refractivity contribution in [2.45, 2.75) is 57.9 Å². The van der Waals surface area contributed by atoms with Gasteiger partial charge in [-0.15, -0.1) is 11.3 Å². The van der Waals surface area contributed by atoms with Crippen molar-refractivity contribution in [1.82, 2.24) is 9.88 Å². The largest absolute Gasteiger partial charge is 0.302 e. The van der Waals surface area contributed by atoms with E-state index in [9.17, 15) is 9.59 Å². The second-order valence-electron chi connectivity index (χ2n) is 9.76. The predicted octanol–water partition coefficient (Wildman–Crippen LogP) is 6.06. The molecule has 1 fully saturated rings. The number of nitrogens with zero attached hydrogens (tertiary/aromatic N) is 2. The van der Waals surface area contributed by atoms with Crippen LogP contribution in [0.15, 0.2) is 54.6 Å². The second-order valence-corrected chi connectivity index (χ2v) is 10.8. The summed E-state index contributed by atoms with van der Waals surface area (Å²) >= 11 is 1.55. The number of aryl methyl sites for hydroxylation is 1. The molecule has 0 bridgehead atoms. The van der Waals surface area contributed by atoms with Crippen LogP contribution >= 0.6 is 11.3 Å². The fourth-order valence-electron chi connectivity index (χ4n) is 5.34. The number of hydrogen-bond acceptors (Lipinski definition) is 5. The maximum Gasteiger partial charge on any atom is 0.226 e. The molecule has 0 spiro atoms. The molecule has 2 aliphatic rings. The van der Waals surface area contributed by atoms with Crippen LogP contribution in [0.1, 0.15) is 61.1 Å². The van der Waals surface area contributed by atoms with E-state index in [0.717, 1.165) is 57.4 Å². The zero-order valence-corrected chi connectivity index (χ0v) is 21.2. The fraction of sp³-hybridized carbons (Fsp3) is 0.414. The Morgan fingerprint density at radius 1 is 1.06 bits per heavy atom. The van der Waals surface area contributed by atoms with Crippen LogP contribution in [0.5, 0.6) is 0 Å². The first kappa shape index (κ1) is 23.9. The van der Waals surface area contributed by atoms with Crippen LogP contribution in [0.2, 0.25) is 0 Å². The molecule has 2 atom stereocenters. The third kappa shape index (κ3) is 5.54. The Balaban J connectivity index is 1.20. The fourth-order valence-corrected chi connectivity index (χ4v) is 6.42. The number of hydrogen-bond donors (Lipinski definition) is 1. The minimum absolute atomic E-state index is 0.00436. The number of nitrogens with one attached hydrogen (secondary N) is 1. The number of carbonyl (C=O) groups excluding carboxylic acids is 2. The van der Waals surface area contributed by atoms with E-state index in [1.165, 1.54) is 21.6 Å². The summed E-state index contributed by atoms with van der Waals surface area (Å²) in [7, 11) is 0. The first-order chi connectivity index (χ1) is 17.1. The number of aromatic nitrogens is 1. The number of ketones is 1. The molecule has 1 amide bonds. The minimum atomic E-state index is -0.123. The molecule has 2 unspecified atom stereocenters. The van der Waals surface area contributed by atoms with Crippen LogP contribution in [-0.2, 0) is 22.6 Å². The Labute approximate surface area is 211 Å². The number of benzene rings is 2. The summed E-state index contributed by atoms with van der Waals surface area (Å²) in [6, 6.07) is 19.2. The molecule has 0 saturated carbocycles. The smallest absolute Gasteiger partial charge is 0.226 e. The first-order valence-electron chi connectivity index (χ1n) is 12.8. The number of thiazole rings is 1. The van der Waals surface area contributed by atoms with Gasteiger partial charge in [0.15, 0.2) is 5.13 Å². The second kappa shape index (κ2) is 10.8. The van der Waals surface area contributed by atoms with Crippen LogP contribution in [0.3, 0.4) is 0 Å². The molecule has 182 valence electrons. The van der Waals surface area contributed by atoms with E-state index in [1.807, 2.05) is 13.0 Å². The Hall–Kier alpha value is -2.83. The highest BCUT2D eigenvalue weighted by Crippen LogP contribution is 2.39. The molecule has 2 heterocycles. The molecule has 5 nitrogen and oxygen atoms in total. The average Bonchev–Trinajstić information content (AvgIpc) is 3.51. The number of anilines is 1. The summed E-state index contributed by atoms with van der Waals surface area (Å²) in [5.74, 6) is 0.283. The van der Waals surface area contributed by atoms with Crippen LogP contribution in [0.4, 0.5) is 5.13 Å². The van der Waals surface area contributed by atoms with E-state index in [0.29, 0.717) is 17.3 Å². The normalized spacial score (nSPS) is 19.9. The van der Waals surface area contributed by atoms with Crippen molar-refractivity contribution in [3.63, 3.8) is 0 Å². The first-order valence-corrected chi connectivity index (χ1v) is 13.6. The Kier molecular flexibility index (Phi) is 7.40. The van der Waals surface area contributed by atoms with Crippen molar-refractivity contribution in [3.05, 3.63) is 70.7 Å². The van der Waals surface area contributed by atoms with Crippen molar-refractivity contribution in [3.8, 4) is 11.1 Å². The van der Waals surface area contributed by atoms with Gasteiger partial charge >= 0.3 is 0 Å². The maximum absolute atomic E-state index is 13.5. The molecule has 3 aromatic rings. The van der Waals surface area contributed by atoms with Gasteiger partial charge in [0.25, 0.3) is 0 Å². The molecule has 35 heavy (non-hydrogen) atoms. The monoisotopic (exact) mass is 487 g/mol. The summed E-state index contributed by atoms with van der Waals surface area (Å²) in [6.07, 6.45) is 5.06. The number of carbonyl (C=O) groups is 2. The van der Waals surface area contributed by atoms with E-state index >= 15 is 0 Å². The van der Waals surface area contributed by atoms with E-state index in [2.05, 4.69) is 58.7 Å². The number of fused-ring (bicyclic) bond motifs is 1. The van der Waals surface area contributed by atoms with Crippen molar-refractivity contribution >= 4 is 28.2 Å². The van der Waals surface area contributed by atoms with Gasteiger partial charge in [-0.25, -0.2) is 4.98 Å². The Morgan fingerprint density at radius 2 is 1.83 bits per heavy atom. The molecular weight excluding hydrogens is 454 g/mol. The highest BCUT2D eigenvalue weighted by Gasteiger charge is 2.37. The lowest BCUT2D eigenvalue weighted by Gasteiger charge is -2.23. The Bertz CT molecular complexity index is 1170. The molecule has 1 aromatic heterocycles. The molecular formula is C29H33N3O2S. The number of amides is 1. The maximum atomic E-state index is 13.5. The average molecular weight is 488 g/mol.